The SMILES string of the molecule is CC[C@H]1CN(C(CNCCC(F)(F)F)c2ccc(C(F)(F)F)cc2)[C@H](CC)CN1c1nc(=O)n(C)c2ccc(C#N)nc12. The maximum Gasteiger partial charge on any atom is 0.416 e. The predicted molar refractivity (Wildman–Crippen MR) is 149 cm³/mol. The standard InChI is InChI=1S/C29H33F6N7O/c1-4-21-17-42(26-25-23(40(3)27(43)39-26)11-10-20(14-36)38-25)22(5-2)16-41(21)24(15-37-13-12-28(30,31)32)18-6-8-19(9-7-18)29(33,34)35/h6-11,21-22,24,37H,4-5,12-13,15-17H2,1-3H3/t21-,22+,24?/m1/s1. The topological polar surface area (TPSA) is 90.1 Å². The highest BCUT2D eigenvalue weighted by molar-refractivity contribution is 5.86. The summed E-state index contributed by atoms with van der Waals surface area (Å²) < 4.78 is 79.7. The minimum Gasteiger partial charge on any atom is -0.349 e. The summed E-state index contributed by atoms with van der Waals surface area (Å²) in [6, 6.07) is 8.98. The number of rotatable bonds is 9. The summed E-state index contributed by atoms with van der Waals surface area (Å²) in [6.45, 7) is 4.44. The van der Waals surface area contributed by atoms with E-state index in [1.54, 1.807) is 13.1 Å². The van der Waals surface area contributed by atoms with Crippen LogP contribution in [-0.2, 0) is 13.2 Å². The van der Waals surface area contributed by atoms with Gasteiger partial charge in [-0.3, -0.25) is 9.47 Å². The third kappa shape index (κ3) is 7.27. The lowest BCUT2D eigenvalue weighted by Gasteiger charge is -2.50. The van der Waals surface area contributed by atoms with Gasteiger partial charge in [0.05, 0.1) is 17.5 Å². The van der Waals surface area contributed by atoms with Gasteiger partial charge < -0.3 is 10.2 Å². The zero-order valence-corrected chi connectivity index (χ0v) is 24.0. The van der Waals surface area contributed by atoms with E-state index in [4.69, 9.17) is 0 Å². The minimum absolute atomic E-state index is 0.0918. The fourth-order valence-electron chi connectivity index (χ4n) is 5.59. The van der Waals surface area contributed by atoms with Crippen LogP contribution in [-0.4, -0.2) is 63.9 Å². The second-order valence-electron chi connectivity index (χ2n) is 10.6. The molecule has 0 bridgehead atoms. The van der Waals surface area contributed by atoms with Crippen LogP contribution in [0.25, 0.3) is 11.0 Å². The number of nitrogens with one attached hydrogen (secondary N) is 1. The number of anilines is 1. The summed E-state index contributed by atoms with van der Waals surface area (Å²) in [6.07, 6.45) is -8.69. The van der Waals surface area contributed by atoms with Crippen LogP contribution in [0.4, 0.5) is 32.2 Å². The van der Waals surface area contributed by atoms with Gasteiger partial charge in [0.2, 0.25) is 0 Å². The van der Waals surface area contributed by atoms with Crippen LogP contribution in [0.15, 0.2) is 41.2 Å². The Kier molecular flexibility index (Phi) is 9.66. The van der Waals surface area contributed by atoms with Crippen molar-refractivity contribution < 1.29 is 26.3 Å². The number of nitriles is 1. The van der Waals surface area contributed by atoms with Gasteiger partial charge in [-0.15, -0.1) is 0 Å². The molecular formula is C29H33F6N7O. The summed E-state index contributed by atoms with van der Waals surface area (Å²) in [5.41, 5.74) is 0.325. The van der Waals surface area contributed by atoms with Crippen molar-refractivity contribution in [3.05, 3.63) is 63.7 Å². The number of alkyl halides is 6. The Bertz CT molecular complexity index is 1510. The molecule has 1 N–H and O–H groups in total. The largest absolute Gasteiger partial charge is 0.416 e. The molecule has 0 amide bonds. The quantitative estimate of drug-likeness (QED) is 0.264. The first-order valence-electron chi connectivity index (χ1n) is 14.0. The van der Waals surface area contributed by atoms with Crippen molar-refractivity contribution in [2.45, 2.75) is 63.6 Å². The number of hydrogen-bond acceptors (Lipinski definition) is 7. The van der Waals surface area contributed by atoms with Crippen molar-refractivity contribution in [2.75, 3.05) is 31.1 Å². The fourth-order valence-corrected chi connectivity index (χ4v) is 5.59. The van der Waals surface area contributed by atoms with Gasteiger partial charge in [0.15, 0.2) is 5.82 Å². The molecule has 1 aromatic carbocycles. The molecule has 0 saturated carbocycles. The summed E-state index contributed by atoms with van der Waals surface area (Å²) >= 11 is 0. The van der Waals surface area contributed by atoms with Crippen LogP contribution in [0.5, 0.6) is 0 Å². The molecule has 0 radical (unpaired) electrons. The van der Waals surface area contributed by atoms with E-state index in [1.807, 2.05) is 24.8 Å². The summed E-state index contributed by atoms with van der Waals surface area (Å²) in [7, 11) is 1.57. The predicted octanol–water partition coefficient (Wildman–Crippen LogP) is 5.18. The van der Waals surface area contributed by atoms with E-state index in [0.717, 1.165) is 12.1 Å². The number of nitrogens with zero attached hydrogens (tertiary/aromatic N) is 6. The summed E-state index contributed by atoms with van der Waals surface area (Å²) in [4.78, 5) is 25.7. The molecule has 3 heterocycles. The number of hydrogen-bond donors (Lipinski definition) is 1. The maximum absolute atomic E-state index is 13.3. The molecule has 232 valence electrons. The highest BCUT2D eigenvalue weighted by Gasteiger charge is 2.39. The van der Waals surface area contributed by atoms with Crippen molar-refractivity contribution >= 4 is 16.9 Å². The lowest BCUT2D eigenvalue weighted by atomic mass is 9.95. The zero-order valence-electron chi connectivity index (χ0n) is 24.0. The molecule has 2 aromatic heterocycles. The molecule has 0 spiro atoms. The van der Waals surface area contributed by atoms with Crippen LogP contribution < -0.4 is 15.9 Å². The molecule has 43 heavy (non-hydrogen) atoms. The number of benzene rings is 1. The summed E-state index contributed by atoms with van der Waals surface area (Å²) in [5.74, 6) is 0.342. The molecular weight excluding hydrogens is 576 g/mol. The van der Waals surface area contributed by atoms with Crippen molar-refractivity contribution in [1.29, 1.82) is 5.26 Å². The highest BCUT2D eigenvalue weighted by Crippen LogP contribution is 2.35. The molecule has 1 aliphatic heterocycles. The lowest BCUT2D eigenvalue weighted by Crippen LogP contribution is -2.60. The van der Waals surface area contributed by atoms with Crippen molar-refractivity contribution in [3.63, 3.8) is 0 Å². The number of aryl methyl sites for hydroxylation is 1. The van der Waals surface area contributed by atoms with Crippen LogP contribution in [0.2, 0.25) is 0 Å². The smallest absolute Gasteiger partial charge is 0.349 e. The molecule has 8 nitrogen and oxygen atoms in total. The Morgan fingerprint density at radius 3 is 2.26 bits per heavy atom. The van der Waals surface area contributed by atoms with E-state index in [9.17, 15) is 36.4 Å². The average Bonchev–Trinajstić information content (AvgIpc) is 2.97. The van der Waals surface area contributed by atoms with E-state index in [1.165, 1.54) is 22.8 Å². The van der Waals surface area contributed by atoms with Gasteiger partial charge in [0, 0.05) is 51.4 Å². The van der Waals surface area contributed by atoms with Gasteiger partial charge in [0.25, 0.3) is 0 Å². The highest BCUT2D eigenvalue weighted by atomic mass is 19.4. The first-order valence-corrected chi connectivity index (χ1v) is 14.0. The third-order valence-corrected chi connectivity index (χ3v) is 7.95. The molecule has 1 saturated heterocycles. The Morgan fingerprint density at radius 1 is 1.00 bits per heavy atom. The number of aromatic nitrogens is 3. The molecule has 14 heteroatoms. The molecule has 1 fully saturated rings. The number of piperazine rings is 1. The fraction of sp³-hybridized carbons (Fsp3) is 0.517. The van der Waals surface area contributed by atoms with Crippen molar-refractivity contribution in [3.8, 4) is 6.07 Å². The molecule has 4 rings (SSSR count). The van der Waals surface area contributed by atoms with E-state index < -0.39 is 36.1 Å². The first-order chi connectivity index (χ1) is 20.3. The summed E-state index contributed by atoms with van der Waals surface area (Å²) in [5, 5.41) is 12.3. The van der Waals surface area contributed by atoms with E-state index in [-0.39, 0.29) is 30.9 Å². The first kappa shape index (κ1) is 32.2. The Labute approximate surface area is 244 Å². The van der Waals surface area contributed by atoms with Crippen LogP contribution >= 0.6 is 0 Å². The Morgan fingerprint density at radius 2 is 1.67 bits per heavy atom. The normalized spacial score (nSPS) is 19.0. The molecule has 3 aromatic rings. The van der Waals surface area contributed by atoms with Gasteiger partial charge in [-0.1, -0.05) is 26.0 Å². The Balaban J connectivity index is 1.71. The monoisotopic (exact) mass is 609 g/mol. The van der Waals surface area contributed by atoms with Crippen LogP contribution in [0.3, 0.4) is 0 Å². The lowest BCUT2D eigenvalue weighted by molar-refractivity contribution is -0.137. The van der Waals surface area contributed by atoms with E-state index in [2.05, 4.69) is 20.2 Å². The van der Waals surface area contributed by atoms with Gasteiger partial charge >= 0.3 is 18.0 Å². The second kappa shape index (κ2) is 12.9. The Hall–Kier alpha value is -3.70. The maximum atomic E-state index is 13.3. The van der Waals surface area contributed by atoms with Crippen molar-refractivity contribution in [2.24, 2.45) is 7.05 Å². The van der Waals surface area contributed by atoms with Gasteiger partial charge in [-0.25, -0.2) is 9.78 Å². The van der Waals surface area contributed by atoms with Gasteiger partial charge in [-0.2, -0.15) is 36.6 Å². The molecule has 1 unspecified atom stereocenters. The third-order valence-electron chi connectivity index (χ3n) is 7.95. The minimum atomic E-state index is -4.52. The van der Waals surface area contributed by atoms with Crippen LogP contribution in [0, 0.1) is 11.3 Å². The second-order valence-corrected chi connectivity index (χ2v) is 10.6. The number of halogens is 6. The number of fused-ring (bicyclic) bond motifs is 1. The van der Waals surface area contributed by atoms with E-state index >= 15 is 0 Å². The van der Waals surface area contributed by atoms with E-state index in [0.29, 0.717) is 48.3 Å². The molecule has 0 aliphatic carbocycles. The van der Waals surface area contributed by atoms with Gasteiger partial charge in [-0.05, 0) is 42.7 Å². The average molecular weight is 610 g/mol. The van der Waals surface area contributed by atoms with Crippen LogP contribution in [0.1, 0.15) is 56.0 Å². The number of pyridine rings is 1. The van der Waals surface area contributed by atoms with Gasteiger partial charge in [0.1, 0.15) is 17.3 Å². The molecule has 1 aliphatic rings. The van der Waals surface area contributed by atoms with Crippen molar-refractivity contribution in [1.82, 2.24) is 24.8 Å². The molecule has 3 atom stereocenters. The zero-order chi connectivity index (χ0) is 31.5.